The van der Waals surface area contributed by atoms with Gasteiger partial charge in [0.2, 0.25) is 10.0 Å². The molecule has 0 aliphatic heterocycles. The SMILES string of the molecule is Cc1cnc(CNS(=O)(=O)c2cn[nH]c2N)s1. The van der Waals surface area contributed by atoms with Crippen molar-refractivity contribution in [1.82, 2.24) is 19.9 Å². The number of hydrogen-bond acceptors (Lipinski definition) is 6. The summed E-state index contributed by atoms with van der Waals surface area (Å²) in [5, 5.41) is 6.64. The highest BCUT2D eigenvalue weighted by Crippen LogP contribution is 2.15. The van der Waals surface area contributed by atoms with E-state index in [-0.39, 0.29) is 17.3 Å². The van der Waals surface area contributed by atoms with Crippen LogP contribution in [0.2, 0.25) is 0 Å². The third kappa shape index (κ3) is 2.62. The van der Waals surface area contributed by atoms with Crippen molar-refractivity contribution in [3.05, 3.63) is 22.3 Å². The van der Waals surface area contributed by atoms with E-state index in [4.69, 9.17) is 5.73 Å². The molecule has 0 spiro atoms. The van der Waals surface area contributed by atoms with E-state index in [0.29, 0.717) is 5.01 Å². The average Bonchev–Trinajstić information content (AvgIpc) is 2.85. The smallest absolute Gasteiger partial charge is 0.246 e. The molecule has 0 aliphatic rings. The number of rotatable bonds is 4. The highest BCUT2D eigenvalue weighted by molar-refractivity contribution is 7.89. The molecule has 2 heterocycles. The van der Waals surface area contributed by atoms with Gasteiger partial charge in [0.25, 0.3) is 0 Å². The summed E-state index contributed by atoms with van der Waals surface area (Å²) in [7, 11) is -3.64. The van der Waals surface area contributed by atoms with E-state index >= 15 is 0 Å². The Morgan fingerprint density at radius 1 is 1.53 bits per heavy atom. The van der Waals surface area contributed by atoms with Crippen LogP contribution in [0.15, 0.2) is 17.3 Å². The lowest BCUT2D eigenvalue weighted by molar-refractivity contribution is 0.581. The summed E-state index contributed by atoms with van der Waals surface area (Å²) in [5.41, 5.74) is 5.45. The third-order valence-electron chi connectivity index (χ3n) is 2.00. The molecule has 0 atom stereocenters. The zero-order chi connectivity index (χ0) is 12.5. The fourth-order valence-corrected chi connectivity index (χ4v) is 3.04. The lowest BCUT2D eigenvalue weighted by atomic mass is 10.6. The van der Waals surface area contributed by atoms with Crippen LogP contribution in [0.3, 0.4) is 0 Å². The first-order valence-electron chi connectivity index (χ1n) is 4.69. The normalized spacial score (nSPS) is 11.8. The minimum absolute atomic E-state index is 0.0211. The molecule has 2 aromatic rings. The molecule has 0 aliphatic carbocycles. The van der Waals surface area contributed by atoms with Crippen LogP contribution in [-0.2, 0) is 16.6 Å². The van der Waals surface area contributed by atoms with Gasteiger partial charge in [0, 0.05) is 11.1 Å². The molecule has 4 N–H and O–H groups in total. The first-order valence-corrected chi connectivity index (χ1v) is 6.99. The Morgan fingerprint density at radius 2 is 2.29 bits per heavy atom. The quantitative estimate of drug-likeness (QED) is 0.738. The fraction of sp³-hybridized carbons (Fsp3) is 0.250. The van der Waals surface area contributed by atoms with Gasteiger partial charge in [-0.2, -0.15) is 5.10 Å². The van der Waals surface area contributed by atoms with Crippen molar-refractivity contribution in [1.29, 1.82) is 0 Å². The number of aromatic nitrogens is 3. The van der Waals surface area contributed by atoms with Crippen LogP contribution in [0, 0.1) is 6.92 Å². The number of thiazole rings is 1. The van der Waals surface area contributed by atoms with Gasteiger partial charge in [-0.1, -0.05) is 0 Å². The van der Waals surface area contributed by atoms with Crippen LogP contribution in [0.4, 0.5) is 5.82 Å². The van der Waals surface area contributed by atoms with Crippen LogP contribution in [0.5, 0.6) is 0 Å². The minimum Gasteiger partial charge on any atom is -0.383 e. The van der Waals surface area contributed by atoms with E-state index in [1.807, 2.05) is 6.92 Å². The van der Waals surface area contributed by atoms with Crippen molar-refractivity contribution < 1.29 is 8.42 Å². The number of anilines is 1. The molecule has 0 amide bonds. The van der Waals surface area contributed by atoms with Gasteiger partial charge in [-0.05, 0) is 6.92 Å². The Hall–Kier alpha value is -1.45. The zero-order valence-electron chi connectivity index (χ0n) is 8.97. The fourth-order valence-electron chi connectivity index (χ4n) is 1.22. The molecule has 9 heteroatoms. The molecule has 92 valence electrons. The maximum atomic E-state index is 11.8. The highest BCUT2D eigenvalue weighted by Gasteiger charge is 2.19. The van der Waals surface area contributed by atoms with Crippen LogP contribution in [0.1, 0.15) is 9.88 Å². The number of nitrogens with one attached hydrogen (secondary N) is 2. The maximum Gasteiger partial charge on any atom is 0.246 e. The second kappa shape index (κ2) is 4.43. The molecule has 17 heavy (non-hydrogen) atoms. The van der Waals surface area contributed by atoms with Crippen LogP contribution >= 0.6 is 11.3 Å². The number of nitrogen functional groups attached to an aromatic ring is 1. The largest absolute Gasteiger partial charge is 0.383 e. The number of aromatic amines is 1. The molecule has 0 unspecified atom stereocenters. The number of aryl methyl sites for hydroxylation is 1. The Morgan fingerprint density at radius 3 is 2.82 bits per heavy atom. The number of nitrogens with two attached hydrogens (primary N) is 1. The molecule has 2 aromatic heterocycles. The molecule has 2 rings (SSSR count). The van der Waals surface area contributed by atoms with E-state index in [1.165, 1.54) is 17.5 Å². The average molecular weight is 273 g/mol. The standard InChI is InChI=1S/C8H11N5O2S2/c1-5-2-10-7(16-5)4-12-17(14,15)6-3-11-13-8(6)9/h2-3,12H,4H2,1H3,(H3,9,11,13). The van der Waals surface area contributed by atoms with Gasteiger partial charge in [0.05, 0.1) is 12.7 Å². The van der Waals surface area contributed by atoms with Gasteiger partial charge in [-0.25, -0.2) is 18.1 Å². The summed E-state index contributed by atoms with van der Waals surface area (Å²) in [5.74, 6) is 0.0211. The zero-order valence-corrected chi connectivity index (χ0v) is 10.6. The first-order chi connectivity index (χ1) is 7.99. The molecule has 0 saturated heterocycles. The maximum absolute atomic E-state index is 11.8. The molecule has 0 saturated carbocycles. The van der Waals surface area contributed by atoms with Gasteiger partial charge >= 0.3 is 0 Å². The van der Waals surface area contributed by atoms with Crippen molar-refractivity contribution in [2.75, 3.05) is 5.73 Å². The lowest BCUT2D eigenvalue weighted by Gasteiger charge is -2.02. The van der Waals surface area contributed by atoms with Gasteiger partial charge in [0.1, 0.15) is 15.7 Å². The van der Waals surface area contributed by atoms with Crippen molar-refractivity contribution in [3.8, 4) is 0 Å². The van der Waals surface area contributed by atoms with Crippen molar-refractivity contribution in [3.63, 3.8) is 0 Å². The Kier molecular flexibility index (Phi) is 3.13. The van der Waals surface area contributed by atoms with E-state index in [1.54, 1.807) is 6.20 Å². The number of hydrogen-bond donors (Lipinski definition) is 3. The summed E-state index contributed by atoms with van der Waals surface area (Å²) in [6.07, 6.45) is 2.87. The topological polar surface area (TPSA) is 114 Å². The monoisotopic (exact) mass is 273 g/mol. The molecular formula is C8H11N5O2S2. The van der Waals surface area contributed by atoms with Gasteiger partial charge in [-0.3, -0.25) is 5.10 Å². The molecule has 0 aromatic carbocycles. The predicted molar refractivity (Wildman–Crippen MR) is 63.9 cm³/mol. The number of nitrogens with zero attached hydrogens (tertiary/aromatic N) is 2. The van der Waals surface area contributed by atoms with E-state index in [0.717, 1.165) is 4.88 Å². The summed E-state index contributed by atoms with van der Waals surface area (Å²) >= 11 is 1.44. The molecule has 0 radical (unpaired) electrons. The van der Waals surface area contributed by atoms with E-state index in [9.17, 15) is 8.42 Å². The lowest BCUT2D eigenvalue weighted by Crippen LogP contribution is -2.23. The van der Waals surface area contributed by atoms with Gasteiger partial charge in [-0.15, -0.1) is 11.3 Å². The second-order valence-corrected chi connectivity index (χ2v) is 6.39. The number of sulfonamides is 1. The summed E-state index contributed by atoms with van der Waals surface area (Å²) in [4.78, 5) is 5.04. The first kappa shape index (κ1) is 12.0. The van der Waals surface area contributed by atoms with Gasteiger partial charge < -0.3 is 5.73 Å². The Labute approximate surface area is 102 Å². The molecular weight excluding hydrogens is 262 g/mol. The number of H-pyrrole nitrogens is 1. The van der Waals surface area contributed by atoms with Crippen LogP contribution < -0.4 is 10.5 Å². The summed E-state index contributed by atoms with van der Waals surface area (Å²) < 4.78 is 26.1. The predicted octanol–water partition coefficient (Wildman–Crippen LogP) is 0.235. The second-order valence-electron chi connectivity index (χ2n) is 3.34. The third-order valence-corrected chi connectivity index (χ3v) is 4.35. The Balaban J connectivity index is 2.11. The van der Waals surface area contributed by atoms with Crippen LogP contribution in [0.25, 0.3) is 0 Å². The van der Waals surface area contributed by atoms with Crippen molar-refractivity contribution >= 4 is 27.2 Å². The minimum atomic E-state index is -3.64. The molecule has 7 nitrogen and oxygen atoms in total. The molecule has 0 fully saturated rings. The summed E-state index contributed by atoms with van der Waals surface area (Å²) in [6.45, 7) is 2.05. The van der Waals surface area contributed by atoms with E-state index in [2.05, 4.69) is 19.9 Å². The summed E-state index contributed by atoms with van der Waals surface area (Å²) in [6, 6.07) is 0. The van der Waals surface area contributed by atoms with Crippen molar-refractivity contribution in [2.45, 2.75) is 18.4 Å². The highest BCUT2D eigenvalue weighted by atomic mass is 32.2. The molecule has 0 bridgehead atoms. The van der Waals surface area contributed by atoms with Crippen molar-refractivity contribution in [2.24, 2.45) is 0 Å². The Bertz CT molecular complexity index is 615. The van der Waals surface area contributed by atoms with E-state index < -0.39 is 10.0 Å². The van der Waals surface area contributed by atoms with Crippen LogP contribution in [-0.4, -0.2) is 23.6 Å². The van der Waals surface area contributed by atoms with Gasteiger partial charge in [0.15, 0.2) is 0 Å².